The molecule has 1 aromatic heterocycles. The second kappa shape index (κ2) is 5.56. The number of ether oxygens (including phenoxy) is 1. The van der Waals surface area contributed by atoms with Crippen molar-refractivity contribution >= 4 is 11.7 Å². The third-order valence-electron chi connectivity index (χ3n) is 2.78. The Hall–Kier alpha value is -2.30. The Balaban J connectivity index is 1.96. The van der Waals surface area contributed by atoms with Gasteiger partial charge in [-0.1, -0.05) is 17.7 Å². The van der Waals surface area contributed by atoms with Gasteiger partial charge >= 0.3 is 0 Å². The van der Waals surface area contributed by atoms with Crippen LogP contribution in [0.3, 0.4) is 0 Å². The van der Waals surface area contributed by atoms with Crippen LogP contribution in [0.4, 0.5) is 5.82 Å². The van der Waals surface area contributed by atoms with Crippen LogP contribution in [0.2, 0.25) is 0 Å². The Morgan fingerprint density at radius 2 is 2.00 bits per heavy atom. The molecule has 2 N–H and O–H groups in total. The second-order valence-electron chi connectivity index (χ2n) is 4.49. The first-order valence-electron chi connectivity index (χ1n) is 6.10. The molecule has 1 atom stereocenters. The van der Waals surface area contributed by atoms with E-state index in [4.69, 9.17) is 4.74 Å². The summed E-state index contributed by atoms with van der Waals surface area (Å²) in [4.78, 5) is 12.0. The molecule has 1 amide bonds. The monoisotopic (exact) mass is 259 g/mol. The largest absolute Gasteiger partial charge is 0.481 e. The van der Waals surface area contributed by atoms with Gasteiger partial charge in [-0.2, -0.15) is 5.10 Å². The molecular formula is C14H17N3O2. The zero-order valence-corrected chi connectivity index (χ0v) is 11.2. The van der Waals surface area contributed by atoms with Crippen molar-refractivity contribution in [1.29, 1.82) is 0 Å². The highest BCUT2D eigenvalue weighted by Crippen LogP contribution is 2.14. The Labute approximate surface area is 112 Å². The number of aromatic amines is 1. The van der Waals surface area contributed by atoms with Gasteiger partial charge < -0.3 is 10.1 Å². The van der Waals surface area contributed by atoms with E-state index in [1.54, 1.807) is 13.1 Å². The lowest BCUT2D eigenvalue weighted by Crippen LogP contribution is -2.30. The fourth-order valence-electron chi connectivity index (χ4n) is 1.57. The van der Waals surface area contributed by atoms with Crippen molar-refractivity contribution in [2.75, 3.05) is 5.32 Å². The number of nitrogens with one attached hydrogen (secondary N) is 2. The van der Waals surface area contributed by atoms with Crippen molar-refractivity contribution in [2.45, 2.75) is 26.9 Å². The van der Waals surface area contributed by atoms with Crippen molar-refractivity contribution in [1.82, 2.24) is 10.2 Å². The third-order valence-corrected chi connectivity index (χ3v) is 2.78. The van der Waals surface area contributed by atoms with E-state index in [0.717, 1.165) is 11.1 Å². The van der Waals surface area contributed by atoms with Crippen molar-refractivity contribution in [3.63, 3.8) is 0 Å². The minimum atomic E-state index is -0.578. The zero-order valence-electron chi connectivity index (χ0n) is 11.2. The van der Waals surface area contributed by atoms with Gasteiger partial charge in [0, 0.05) is 5.56 Å². The molecule has 19 heavy (non-hydrogen) atoms. The molecule has 0 spiro atoms. The molecule has 0 fully saturated rings. The highest BCUT2D eigenvalue weighted by molar-refractivity contribution is 5.93. The topological polar surface area (TPSA) is 67.0 Å². The summed E-state index contributed by atoms with van der Waals surface area (Å²) < 4.78 is 5.57. The summed E-state index contributed by atoms with van der Waals surface area (Å²) >= 11 is 0. The lowest BCUT2D eigenvalue weighted by atomic mass is 10.2. The first kappa shape index (κ1) is 13.1. The van der Waals surface area contributed by atoms with Crippen LogP contribution >= 0.6 is 0 Å². The lowest BCUT2D eigenvalue weighted by molar-refractivity contribution is -0.122. The Bertz CT molecular complexity index is 560. The van der Waals surface area contributed by atoms with E-state index in [0.29, 0.717) is 11.6 Å². The molecule has 100 valence electrons. The molecule has 0 aliphatic carbocycles. The van der Waals surface area contributed by atoms with Crippen LogP contribution in [-0.4, -0.2) is 22.2 Å². The van der Waals surface area contributed by atoms with Gasteiger partial charge in [0.15, 0.2) is 6.10 Å². The van der Waals surface area contributed by atoms with E-state index in [2.05, 4.69) is 15.5 Å². The van der Waals surface area contributed by atoms with E-state index in [9.17, 15) is 4.79 Å². The van der Waals surface area contributed by atoms with Crippen LogP contribution in [0.25, 0.3) is 0 Å². The van der Waals surface area contributed by atoms with Gasteiger partial charge in [-0.15, -0.1) is 0 Å². The number of rotatable bonds is 4. The molecule has 0 radical (unpaired) electrons. The number of nitrogens with zero attached hydrogens (tertiary/aromatic N) is 1. The number of carbonyl (C=O) groups is 1. The number of carbonyl (C=O) groups excluding carboxylic acids is 1. The number of anilines is 1. The maximum atomic E-state index is 12.0. The number of amides is 1. The normalized spacial score (nSPS) is 11.9. The predicted molar refractivity (Wildman–Crippen MR) is 73.2 cm³/mol. The standard InChI is InChI=1S/C14H17N3O2/c1-9-4-6-12(7-5-9)19-11(3)14(18)16-13-10(2)8-15-17-13/h4-8,11H,1-3H3,(H2,15,16,17,18). The van der Waals surface area contributed by atoms with Gasteiger partial charge in [0.2, 0.25) is 0 Å². The maximum Gasteiger partial charge on any atom is 0.266 e. The molecule has 5 heteroatoms. The van der Waals surface area contributed by atoms with E-state index < -0.39 is 6.10 Å². The summed E-state index contributed by atoms with van der Waals surface area (Å²) in [5.41, 5.74) is 2.04. The van der Waals surface area contributed by atoms with E-state index in [1.165, 1.54) is 0 Å². The van der Waals surface area contributed by atoms with Crippen molar-refractivity contribution in [3.05, 3.63) is 41.6 Å². The van der Waals surface area contributed by atoms with Crippen LogP contribution in [0, 0.1) is 13.8 Å². The molecule has 0 bridgehead atoms. The summed E-state index contributed by atoms with van der Waals surface area (Å²) in [6.07, 6.45) is 1.08. The van der Waals surface area contributed by atoms with E-state index in [1.807, 2.05) is 38.1 Å². The summed E-state index contributed by atoms with van der Waals surface area (Å²) in [7, 11) is 0. The molecule has 0 saturated heterocycles. The molecule has 5 nitrogen and oxygen atoms in total. The van der Waals surface area contributed by atoms with Crippen molar-refractivity contribution in [2.24, 2.45) is 0 Å². The van der Waals surface area contributed by atoms with Crippen LogP contribution in [0.5, 0.6) is 5.75 Å². The highest BCUT2D eigenvalue weighted by atomic mass is 16.5. The number of H-pyrrole nitrogens is 1. The average Bonchev–Trinajstić information content (AvgIpc) is 2.78. The van der Waals surface area contributed by atoms with Gasteiger partial charge in [0.25, 0.3) is 5.91 Å². The molecular weight excluding hydrogens is 242 g/mol. The van der Waals surface area contributed by atoms with Gasteiger partial charge in [-0.3, -0.25) is 9.89 Å². The first-order chi connectivity index (χ1) is 9.06. The van der Waals surface area contributed by atoms with Gasteiger partial charge in [-0.05, 0) is 32.9 Å². The van der Waals surface area contributed by atoms with Gasteiger partial charge in [0.1, 0.15) is 11.6 Å². The molecule has 0 aliphatic heterocycles. The first-order valence-corrected chi connectivity index (χ1v) is 6.10. The molecule has 1 heterocycles. The zero-order chi connectivity index (χ0) is 13.8. The summed E-state index contributed by atoms with van der Waals surface area (Å²) in [6.45, 7) is 5.58. The third kappa shape index (κ3) is 3.34. The number of benzene rings is 1. The minimum Gasteiger partial charge on any atom is -0.481 e. The summed E-state index contributed by atoms with van der Waals surface area (Å²) in [5.74, 6) is 1.06. The quantitative estimate of drug-likeness (QED) is 0.886. The number of hydrogen-bond acceptors (Lipinski definition) is 3. The number of hydrogen-bond donors (Lipinski definition) is 2. The van der Waals surface area contributed by atoms with Crippen molar-refractivity contribution < 1.29 is 9.53 Å². The Morgan fingerprint density at radius 1 is 1.32 bits per heavy atom. The summed E-state index contributed by atoms with van der Waals surface area (Å²) in [5, 5.41) is 9.31. The predicted octanol–water partition coefficient (Wildman–Crippen LogP) is 2.43. The highest BCUT2D eigenvalue weighted by Gasteiger charge is 2.16. The Kier molecular flexibility index (Phi) is 3.85. The minimum absolute atomic E-state index is 0.215. The fraction of sp³-hybridized carbons (Fsp3) is 0.286. The molecule has 0 aliphatic rings. The fourth-order valence-corrected chi connectivity index (χ4v) is 1.57. The average molecular weight is 259 g/mol. The van der Waals surface area contributed by atoms with E-state index >= 15 is 0 Å². The molecule has 0 saturated carbocycles. The van der Waals surface area contributed by atoms with Crippen molar-refractivity contribution in [3.8, 4) is 5.75 Å². The lowest BCUT2D eigenvalue weighted by Gasteiger charge is -2.14. The molecule has 1 aromatic carbocycles. The molecule has 1 unspecified atom stereocenters. The second-order valence-corrected chi connectivity index (χ2v) is 4.49. The Morgan fingerprint density at radius 3 is 2.58 bits per heavy atom. The maximum absolute atomic E-state index is 12.0. The number of aryl methyl sites for hydroxylation is 2. The summed E-state index contributed by atoms with van der Waals surface area (Å²) in [6, 6.07) is 7.58. The smallest absolute Gasteiger partial charge is 0.266 e. The molecule has 2 aromatic rings. The van der Waals surface area contributed by atoms with Crippen LogP contribution < -0.4 is 10.1 Å². The van der Waals surface area contributed by atoms with Gasteiger partial charge in [-0.25, -0.2) is 0 Å². The van der Waals surface area contributed by atoms with Crippen LogP contribution in [-0.2, 0) is 4.79 Å². The van der Waals surface area contributed by atoms with Crippen LogP contribution in [0.15, 0.2) is 30.5 Å². The van der Waals surface area contributed by atoms with Gasteiger partial charge in [0.05, 0.1) is 6.20 Å². The van der Waals surface area contributed by atoms with E-state index in [-0.39, 0.29) is 5.91 Å². The number of aromatic nitrogens is 2. The SMILES string of the molecule is Cc1ccc(OC(C)C(=O)Nc2[nH]ncc2C)cc1. The molecule has 2 rings (SSSR count). The van der Waals surface area contributed by atoms with Crippen LogP contribution in [0.1, 0.15) is 18.1 Å².